The first-order valence-corrected chi connectivity index (χ1v) is 6.29. The summed E-state index contributed by atoms with van der Waals surface area (Å²) < 4.78 is 5.92. The number of hydrogen-bond donors (Lipinski definition) is 1. The topological polar surface area (TPSA) is 55.4 Å². The van der Waals surface area contributed by atoms with Gasteiger partial charge in [0, 0.05) is 10.0 Å². The fraction of sp³-hybridized carbons (Fsp3) is 0.385. The third kappa shape index (κ3) is 4.49. The van der Waals surface area contributed by atoms with Gasteiger partial charge in [-0.3, -0.25) is 10.1 Å². The summed E-state index contributed by atoms with van der Waals surface area (Å²) in [4.78, 5) is 23.1. The van der Waals surface area contributed by atoms with Gasteiger partial charge in [0.1, 0.15) is 5.60 Å². The number of ether oxygens (including phenoxy) is 1. The number of Topliss-reactive ketones (excluding diaryl/α,β-unsaturated/α-hetero) is 1. The molecule has 4 nitrogen and oxygen atoms in total. The number of anilines is 1. The van der Waals surface area contributed by atoms with Crippen LogP contribution in [0.1, 0.15) is 38.1 Å². The Labute approximate surface area is 115 Å². The second-order valence-corrected chi connectivity index (χ2v) is 5.79. The van der Waals surface area contributed by atoms with Crippen molar-refractivity contribution in [1.82, 2.24) is 0 Å². The normalized spacial score (nSPS) is 10.9. The second-order valence-electron chi connectivity index (χ2n) is 4.87. The molecule has 0 aliphatic carbocycles. The van der Waals surface area contributed by atoms with Crippen LogP contribution in [0.3, 0.4) is 0 Å². The van der Waals surface area contributed by atoms with Gasteiger partial charge < -0.3 is 4.74 Å². The zero-order chi connectivity index (χ0) is 13.9. The highest BCUT2D eigenvalue weighted by Gasteiger charge is 2.18. The molecule has 0 spiro atoms. The van der Waals surface area contributed by atoms with E-state index in [0.29, 0.717) is 11.3 Å². The molecule has 0 fully saturated rings. The molecule has 0 aliphatic heterocycles. The van der Waals surface area contributed by atoms with Crippen LogP contribution in [0.25, 0.3) is 0 Å². The molecule has 1 aromatic carbocycles. The van der Waals surface area contributed by atoms with Crippen LogP contribution in [-0.2, 0) is 4.74 Å². The third-order valence-electron chi connectivity index (χ3n) is 2.00. The molecule has 0 unspecified atom stereocenters. The van der Waals surface area contributed by atoms with Crippen molar-refractivity contribution in [2.45, 2.75) is 33.3 Å². The molecule has 0 bridgehead atoms. The number of amides is 1. The van der Waals surface area contributed by atoms with Gasteiger partial charge in [0.25, 0.3) is 0 Å². The minimum Gasteiger partial charge on any atom is -0.444 e. The number of ketones is 1. The summed E-state index contributed by atoms with van der Waals surface area (Å²) in [7, 11) is 0. The summed E-state index contributed by atoms with van der Waals surface area (Å²) in [5.74, 6) is -0.117. The van der Waals surface area contributed by atoms with E-state index < -0.39 is 11.7 Å². The SMILES string of the molecule is CC(=O)c1ccc(Br)cc1NC(=O)OC(C)(C)C. The van der Waals surface area contributed by atoms with E-state index in [1.165, 1.54) is 6.92 Å². The van der Waals surface area contributed by atoms with Crippen molar-refractivity contribution < 1.29 is 14.3 Å². The van der Waals surface area contributed by atoms with Gasteiger partial charge in [-0.25, -0.2) is 4.79 Å². The van der Waals surface area contributed by atoms with Crippen LogP contribution in [0.5, 0.6) is 0 Å². The molecule has 98 valence electrons. The zero-order valence-corrected chi connectivity index (χ0v) is 12.4. The average molecular weight is 314 g/mol. The monoisotopic (exact) mass is 313 g/mol. The summed E-state index contributed by atoms with van der Waals surface area (Å²) in [6.07, 6.45) is -0.580. The molecule has 1 amide bonds. The molecule has 0 aromatic heterocycles. The van der Waals surface area contributed by atoms with Gasteiger partial charge in [-0.2, -0.15) is 0 Å². The fourth-order valence-electron chi connectivity index (χ4n) is 1.34. The first-order chi connectivity index (χ1) is 8.19. The van der Waals surface area contributed by atoms with Crippen LogP contribution in [-0.4, -0.2) is 17.5 Å². The van der Waals surface area contributed by atoms with Gasteiger partial charge in [-0.15, -0.1) is 0 Å². The minimum absolute atomic E-state index is 0.117. The molecule has 18 heavy (non-hydrogen) atoms. The number of benzene rings is 1. The maximum absolute atomic E-state index is 11.7. The van der Waals surface area contributed by atoms with Gasteiger partial charge in [0.05, 0.1) is 5.69 Å². The molecular weight excluding hydrogens is 298 g/mol. The van der Waals surface area contributed by atoms with Crippen LogP contribution >= 0.6 is 15.9 Å². The summed E-state index contributed by atoms with van der Waals surface area (Å²) in [5.41, 5.74) is 0.308. The Morgan fingerprint density at radius 1 is 1.28 bits per heavy atom. The highest BCUT2D eigenvalue weighted by atomic mass is 79.9. The van der Waals surface area contributed by atoms with Crippen LogP contribution in [0.15, 0.2) is 22.7 Å². The average Bonchev–Trinajstić information content (AvgIpc) is 2.13. The lowest BCUT2D eigenvalue weighted by molar-refractivity contribution is 0.0636. The van der Waals surface area contributed by atoms with Crippen molar-refractivity contribution in [2.75, 3.05) is 5.32 Å². The van der Waals surface area contributed by atoms with Crippen molar-refractivity contribution in [3.63, 3.8) is 0 Å². The highest BCUT2D eigenvalue weighted by Crippen LogP contribution is 2.22. The molecule has 0 atom stereocenters. The molecule has 0 saturated heterocycles. The van der Waals surface area contributed by atoms with Crippen LogP contribution in [0.2, 0.25) is 0 Å². The van der Waals surface area contributed by atoms with E-state index in [1.807, 2.05) is 0 Å². The summed E-state index contributed by atoms with van der Waals surface area (Å²) in [6.45, 7) is 6.78. The number of carbonyl (C=O) groups is 2. The lowest BCUT2D eigenvalue weighted by Crippen LogP contribution is -2.27. The van der Waals surface area contributed by atoms with Gasteiger partial charge in [0.15, 0.2) is 5.78 Å². The van der Waals surface area contributed by atoms with Crippen molar-refractivity contribution in [3.05, 3.63) is 28.2 Å². The molecule has 1 aromatic rings. The van der Waals surface area contributed by atoms with E-state index in [4.69, 9.17) is 4.74 Å². The number of carbonyl (C=O) groups excluding carboxylic acids is 2. The Bertz CT molecular complexity index is 478. The number of nitrogens with one attached hydrogen (secondary N) is 1. The second kappa shape index (κ2) is 5.52. The van der Waals surface area contributed by atoms with Crippen molar-refractivity contribution in [2.24, 2.45) is 0 Å². The lowest BCUT2D eigenvalue weighted by Gasteiger charge is -2.20. The summed E-state index contributed by atoms with van der Waals surface area (Å²) >= 11 is 3.29. The highest BCUT2D eigenvalue weighted by molar-refractivity contribution is 9.10. The molecule has 0 radical (unpaired) electrons. The largest absolute Gasteiger partial charge is 0.444 e. The lowest BCUT2D eigenvalue weighted by atomic mass is 10.1. The maximum Gasteiger partial charge on any atom is 0.412 e. The Balaban J connectivity index is 2.93. The van der Waals surface area contributed by atoms with Gasteiger partial charge in [0.2, 0.25) is 0 Å². The van der Waals surface area contributed by atoms with E-state index >= 15 is 0 Å². The Morgan fingerprint density at radius 2 is 1.89 bits per heavy atom. The molecule has 5 heteroatoms. The summed E-state index contributed by atoms with van der Waals surface area (Å²) in [5, 5.41) is 2.58. The Hall–Kier alpha value is -1.36. The molecule has 0 aliphatic rings. The van der Waals surface area contributed by atoms with E-state index in [1.54, 1.807) is 39.0 Å². The van der Waals surface area contributed by atoms with Crippen molar-refractivity contribution in [1.29, 1.82) is 0 Å². The third-order valence-corrected chi connectivity index (χ3v) is 2.49. The molecule has 1 rings (SSSR count). The quantitative estimate of drug-likeness (QED) is 0.840. The zero-order valence-electron chi connectivity index (χ0n) is 10.8. The van der Waals surface area contributed by atoms with Gasteiger partial charge in [-0.05, 0) is 45.9 Å². The summed E-state index contributed by atoms with van der Waals surface area (Å²) in [6, 6.07) is 5.07. The van der Waals surface area contributed by atoms with E-state index in [-0.39, 0.29) is 5.78 Å². The number of rotatable bonds is 2. The van der Waals surface area contributed by atoms with Crippen LogP contribution < -0.4 is 5.32 Å². The van der Waals surface area contributed by atoms with Crippen molar-refractivity contribution in [3.8, 4) is 0 Å². The standard InChI is InChI=1S/C13H16BrNO3/c1-8(16)10-6-5-9(14)7-11(10)15-12(17)18-13(2,3)4/h5-7H,1-4H3,(H,15,17). The van der Waals surface area contributed by atoms with Crippen LogP contribution in [0.4, 0.5) is 10.5 Å². The molecule has 0 heterocycles. The van der Waals surface area contributed by atoms with Gasteiger partial charge in [-0.1, -0.05) is 15.9 Å². The van der Waals surface area contributed by atoms with E-state index in [9.17, 15) is 9.59 Å². The van der Waals surface area contributed by atoms with E-state index in [0.717, 1.165) is 4.47 Å². The number of halogens is 1. The maximum atomic E-state index is 11.7. The van der Waals surface area contributed by atoms with Gasteiger partial charge >= 0.3 is 6.09 Å². The Kier molecular flexibility index (Phi) is 4.51. The number of hydrogen-bond acceptors (Lipinski definition) is 3. The Morgan fingerprint density at radius 3 is 2.39 bits per heavy atom. The first-order valence-electron chi connectivity index (χ1n) is 5.49. The van der Waals surface area contributed by atoms with Crippen LogP contribution in [0, 0.1) is 0 Å². The predicted molar refractivity (Wildman–Crippen MR) is 74.0 cm³/mol. The molecule has 1 N–H and O–H groups in total. The predicted octanol–water partition coefficient (Wildman–Crippen LogP) is 4.00. The van der Waals surface area contributed by atoms with Crippen molar-refractivity contribution >= 4 is 33.5 Å². The first kappa shape index (κ1) is 14.7. The van der Waals surface area contributed by atoms with E-state index in [2.05, 4.69) is 21.2 Å². The molecular formula is C13H16BrNO3. The minimum atomic E-state index is -0.580. The molecule has 0 saturated carbocycles. The fourth-order valence-corrected chi connectivity index (χ4v) is 1.70. The smallest absolute Gasteiger partial charge is 0.412 e.